The number of aromatic nitrogens is 4. The van der Waals surface area contributed by atoms with Crippen LogP contribution in [0.25, 0.3) is 11.6 Å². The third-order valence-corrected chi connectivity index (χ3v) is 6.94. The summed E-state index contributed by atoms with van der Waals surface area (Å²) >= 11 is 0. The Labute approximate surface area is 243 Å². The van der Waals surface area contributed by atoms with E-state index in [2.05, 4.69) is 19.9 Å². The molecular formula is C25H18F7N5O6S. The summed E-state index contributed by atoms with van der Waals surface area (Å²) in [6.07, 6.45) is -10.2. The molecule has 0 aliphatic rings. The molecule has 19 heteroatoms. The molecule has 0 saturated carbocycles. The Bertz CT molecular complexity index is 1710. The van der Waals surface area contributed by atoms with Gasteiger partial charge in [-0.2, -0.15) is 31.3 Å². The van der Waals surface area contributed by atoms with Crippen LogP contribution in [0.4, 0.5) is 36.6 Å². The highest BCUT2D eigenvalue weighted by molar-refractivity contribution is 7.92. The zero-order valence-corrected chi connectivity index (χ0v) is 22.5. The molecule has 2 aromatic carbocycles. The number of para-hydroxylation sites is 2. The predicted octanol–water partition coefficient (Wildman–Crippen LogP) is 4.89. The second kappa shape index (κ2) is 12.1. The molecule has 0 bridgehead atoms. The summed E-state index contributed by atoms with van der Waals surface area (Å²) in [6.45, 7) is -0.948. The number of nitrogens with zero attached hydrogens (tertiary/aromatic N) is 4. The summed E-state index contributed by atoms with van der Waals surface area (Å²) in [7, 11) is -4.92. The number of hydrogen-bond donors (Lipinski definition) is 3. The zero-order chi connectivity index (χ0) is 32.3. The highest BCUT2D eigenvalue weighted by Gasteiger charge is 2.73. The Balaban J connectivity index is 1.83. The van der Waals surface area contributed by atoms with Crippen LogP contribution < -0.4 is 14.2 Å². The van der Waals surface area contributed by atoms with E-state index in [4.69, 9.17) is 9.47 Å². The number of aliphatic hydroxyl groups is 1. The molecule has 0 saturated heterocycles. The summed E-state index contributed by atoms with van der Waals surface area (Å²) < 4.78 is 133. The van der Waals surface area contributed by atoms with E-state index < -0.39 is 74.9 Å². The van der Waals surface area contributed by atoms with Crippen LogP contribution in [0.5, 0.6) is 23.1 Å². The summed E-state index contributed by atoms with van der Waals surface area (Å²) in [5.41, 5.74) is -7.70. The Morgan fingerprint density at radius 3 is 2.00 bits per heavy atom. The molecule has 0 spiro atoms. The fourth-order valence-electron chi connectivity index (χ4n) is 3.54. The minimum atomic E-state index is -6.42. The first kappa shape index (κ1) is 32.1. The predicted molar refractivity (Wildman–Crippen MR) is 136 cm³/mol. The van der Waals surface area contributed by atoms with Gasteiger partial charge in [-0.15, -0.1) is 0 Å². The Morgan fingerprint density at radius 2 is 1.43 bits per heavy atom. The fourth-order valence-corrected chi connectivity index (χ4v) is 4.54. The maximum absolute atomic E-state index is 14.4. The van der Waals surface area contributed by atoms with Gasteiger partial charge in [-0.3, -0.25) is 4.72 Å². The highest BCUT2D eigenvalue weighted by atomic mass is 32.2. The number of ether oxygens (including phenoxy) is 2. The van der Waals surface area contributed by atoms with E-state index >= 15 is 0 Å². The first-order valence-electron chi connectivity index (χ1n) is 11.9. The summed E-state index contributed by atoms with van der Waals surface area (Å²) in [5, 5.41) is 19.5. The minimum Gasteiger partial charge on any atom is -0.504 e. The molecule has 0 fully saturated rings. The van der Waals surface area contributed by atoms with Crippen molar-refractivity contribution in [3.8, 4) is 34.8 Å². The quantitative estimate of drug-likeness (QED) is 0.202. The van der Waals surface area contributed by atoms with Crippen LogP contribution in [-0.2, 0) is 15.7 Å². The van der Waals surface area contributed by atoms with Crippen LogP contribution in [0.3, 0.4) is 0 Å². The number of rotatable bonds is 10. The lowest BCUT2D eigenvalue weighted by atomic mass is 9.94. The van der Waals surface area contributed by atoms with Crippen LogP contribution in [0.15, 0.2) is 71.9 Å². The molecule has 0 amide bonds. The summed E-state index contributed by atoms with van der Waals surface area (Å²) in [6, 6.07) is 7.48. The molecule has 2 heterocycles. The van der Waals surface area contributed by atoms with Crippen molar-refractivity contribution in [1.82, 2.24) is 19.9 Å². The van der Waals surface area contributed by atoms with Crippen molar-refractivity contribution in [1.29, 1.82) is 0 Å². The number of benzene rings is 2. The largest absolute Gasteiger partial charge is 0.504 e. The van der Waals surface area contributed by atoms with Gasteiger partial charge in [-0.05, 0) is 30.3 Å². The van der Waals surface area contributed by atoms with Gasteiger partial charge in [0.1, 0.15) is 6.61 Å². The van der Waals surface area contributed by atoms with Crippen molar-refractivity contribution in [2.24, 2.45) is 0 Å². The number of anilines is 1. The lowest BCUT2D eigenvalue weighted by Crippen LogP contribution is -2.50. The lowest BCUT2D eigenvalue weighted by Gasteiger charge is -2.30. The number of hydrogen-bond acceptors (Lipinski definition) is 10. The summed E-state index contributed by atoms with van der Waals surface area (Å²) in [4.78, 5) is 15.1. The van der Waals surface area contributed by atoms with Gasteiger partial charge in [0.05, 0.1) is 11.5 Å². The molecule has 0 atom stereocenters. The molecule has 4 rings (SSSR count). The van der Waals surface area contributed by atoms with Crippen molar-refractivity contribution >= 4 is 15.8 Å². The van der Waals surface area contributed by atoms with E-state index in [-0.39, 0.29) is 29.5 Å². The third-order valence-electron chi connectivity index (χ3n) is 5.58. The highest BCUT2D eigenvalue weighted by Crippen LogP contribution is 2.53. The molecule has 0 unspecified atom stereocenters. The van der Waals surface area contributed by atoms with Crippen LogP contribution in [-0.4, -0.2) is 64.1 Å². The number of nitrogens with one attached hydrogen (secondary N) is 1. The number of phenols is 1. The van der Waals surface area contributed by atoms with Gasteiger partial charge in [0.25, 0.3) is 15.9 Å². The average Bonchev–Trinajstić information content (AvgIpc) is 2.97. The van der Waals surface area contributed by atoms with E-state index in [1.165, 1.54) is 42.7 Å². The maximum atomic E-state index is 14.4. The van der Waals surface area contributed by atoms with E-state index in [1.54, 1.807) is 0 Å². The molecule has 0 radical (unpaired) electrons. The fraction of sp³-hybridized carbons (Fsp3) is 0.200. The molecule has 0 aliphatic heterocycles. The minimum absolute atomic E-state index is 0.0218. The zero-order valence-electron chi connectivity index (χ0n) is 21.6. The first-order chi connectivity index (χ1) is 20.6. The Morgan fingerprint density at radius 1 is 0.818 bits per heavy atom. The summed E-state index contributed by atoms with van der Waals surface area (Å²) in [5.74, 6) is -2.98. The van der Waals surface area contributed by atoms with E-state index in [9.17, 15) is 49.4 Å². The van der Waals surface area contributed by atoms with Crippen molar-refractivity contribution in [3.05, 3.63) is 72.6 Å². The van der Waals surface area contributed by atoms with Crippen LogP contribution >= 0.6 is 0 Å². The average molecular weight is 650 g/mol. The van der Waals surface area contributed by atoms with Crippen molar-refractivity contribution < 1.29 is 58.8 Å². The van der Waals surface area contributed by atoms with Crippen LogP contribution in [0.2, 0.25) is 0 Å². The molecule has 3 N–H and O–H groups in total. The topological polar surface area (TPSA) is 157 Å². The third kappa shape index (κ3) is 6.42. The molecular weight excluding hydrogens is 631 g/mol. The smallest absolute Gasteiger partial charge is 0.435 e. The molecule has 0 aliphatic carbocycles. The van der Waals surface area contributed by atoms with E-state index in [1.807, 2.05) is 4.72 Å². The van der Waals surface area contributed by atoms with Crippen LogP contribution in [0, 0.1) is 0 Å². The van der Waals surface area contributed by atoms with Gasteiger partial charge in [0.2, 0.25) is 11.6 Å². The normalized spacial score (nSPS) is 12.5. The first-order valence-corrected chi connectivity index (χ1v) is 13.4. The van der Waals surface area contributed by atoms with Gasteiger partial charge in [0, 0.05) is 18.0 Å². The van der Waals surface area contributed by atoms with Gasteiger partial charge in [-0.25, -0.2) is 27.8 Å². The molecule has 2 aromatic heterocycles. The van der Waals surface area contributed by atoms with E-state index in [0.717, 1.165) is 0 Å². The Hall–Kier alpha value is -4.78. The number of aliphatic hydroxyl groups excluding tert-OH is 1. The van der Waals surface area contributed by atoms with Gasteiger partial charge in [0.15, 0.2) is 23.1 Å². The molecule has 11 nitrogen and oxygen atoms in total. The second-order valence-electron chi connectivity index (χ2n) is 8.53. The molecule has 44 heavy (non-hydrogen) atoms. The number of alkyl halides is 7. The van der Waals surface area contributed by atoms with Crippen molar-refractivity contribution in [2.45, 2.75) is 22.9 Å². The standard InChI is InChI=1S/C25H18F7N5O6S/c26-23(24(27,28)29,25(30,31)32)14-6-8-15(9-7-14)44(40,41)37-19-18(43-17-5-2-1-4-16(17)39)22(42-13-12-38)36-21(35-19)20-33-10-3-11-34-20/h1-11,38-39H,12-13H2,(H,35,36,37). The van der Waals surface area contributed by atoms with Crippen molar-refractivity contribution in [3.63, 3.8) is 0 Å². The number of aromatic hydroxyl groups is 1. The van der Waals surface area contributed by atoms with Gasteiger partial charge < -0.3 is 19.7 Å². The number of sulfonamides is 1. The molecule has 4 aromatic rings. The SMILES string of the molecule is O=S(=O)(Nc1nc(-c2ncccn2)nc(OCCO)c1Oc1ccccc1O)c1ccc(C(F)(C(F)(F)F)C(F)(F)F)cc1. The second-order valence-corrected chi connectivity index (χ2v) is 10.2. The Kier molecular flexibility index (Phi) is 8.82. The van der Waals surface area contributed by atoms with Crippen molar-refractivity contribution in [2.75, 3.05) is 17.9 Å². The lowest BCUT2D eigenvalue weighted by molar-refractivity contribution is -0.348. The van der Waals surface area contributed by atoms with Gasteiger partial charge >= 0.3 is 18.0 Å². The van der Waals surface area contributed by atoms with Gasteiger partial charge in [-0.1, -0.05) is 24.3 Å². The molecule has 234 valence electrons. The number of phenolic OH excluding ortho intramolecular Hbond substituents is 1. The number of halogens is 7. The monoisotopic (exact) mass is 649 g/mol. The van der Waals surface area contributed by atoms with Crippen LogP contribution in [0.1, 0.15) is 5.56 Å². The maximum Gasteiger partial charge on any atom is 0.435 e. The van der Waals surface area contributed by atoms with E-state index in [0.29, 0.717) is 12.1 Å².